The van der Waals surface area contributed by atoms with Gasteiger partial charge in [-0.1, -0.05) is 10.3 Å². The first-order chi connectivity index (χ1) is 15.4. The highest BCUT2D eigenvalue weighted by Crippen LogP contribution is 2.36. The lowest BCUT2D eigenvalue weighted by Crippen LogP contribution is -2.44. The Hall–Kier alpha value is -3.56. The summed E-state index contributed by atoms with van der Waals surface area (Å²) in [6, 6.07) is 7.69. The van der Waals surface area contributed by atoms with E-state index in [1.165, 1.54) is 12.1 Å². The van der Waals surface area contributed by atoms with Crippen LogP contribution in [0.15, 0.2) is 39.4 Å². The van der Waals surface area contributed by atoms with Gasteiger partial charge in [-0.15, -0.1) is 0 Å². The monoisotopic (exact) mass is 441 g/mol. The minimum absolute atomic E-state index is 0.0730. The zero-order chi connectivity index (χ0) is 22.7. The number of hydrogen-bond donors (Lipinski definition) is 1. The van der Waals surface area contributed by atoms with Crippen molar-refractivity contribution in [3.8, 4) is 11.3 Å². The second-order valence-electron chi connectivity index (χ2n) is 8.02. The van der Waals surface area contributed by atoms with Gasteiger partial charge in [-0.3, -0.25) is 9.59 Å². The van der Waals surface area contributed by atoms with E-state index in [2.05, 4.69) is 20.6 Å². The third-order valence-corrected chi connectivity index (χ3v) is 5.75. The van der Waals surface area contributed by atoms with E-state index in [4.69, 9.17) is 9.05 Å². The van der Waals surface area contributed by atoms with E-state index in [1.807, 2.05) is 0 Å². The van der Waals surface area contributed by atoms with Gasteiger partial charge < -0.3 is 19.3 Å². The minimum atomic E-state index is -0.814. The number of amides is 2. The van der Waals surface area contributed by atoms with Crippen LogP contribution in [0.3, 0.4) is 0 Å². The van der Waals surface area contributed by atoms with E-state index in [9.17, 15) is 14.0 Å². The van der Waals surface area contributed by atoms with Crippen LogP contribution in [0.25, 0.3) is 11.3 Å². The van der Waals surface area contributed by atoms with Gasteiger partial charge in [0.25, 0.3) is 0 Å². The number of aryl methyl sites for hydroxylation is 2. The molecule has 0 radical (unpaired) electrons. The van der Waals surface area contributed by atoms with E-state index < -0.39 is 5.41 Å². The van der Waals surface area contributed by atoms with Crippen molar-refractivity contribution in [3.63, 3.8) is 0 Å². The number of halogens is 1. The zero-order valence-electron chi connectivity index (χ0n) is 17.9. The van der Waals surface area contributed by atoms with Crippen molar-refractivity contribution in [2.24, 2.45) is 5.41 Å². The lowest BCUT2D eigenvalue weighted by Gasteiger charge is -2.26. The molecule has 0 saturated carbocycles. The number of carbonyl (C=O) groups excluding carboxylic acids is 2. The maximum absolute atomic E-state index is 13.2. The maximum Gasteiger partial charge on any atom is 0.228 e. The standard InChI is InChI=1S/C22H24FN5O4/c1-14-25-19(32-26-14)7-8-20(29)28-10-9-22(13-28,21(30)24-2)12-17-11-18(27-31-17)15-3-5-16(23)6-4-15/h3-6,11H,7-10,12-13H2,1-2H3,(H,24,30). The highest BCUT2D eigenvalue weighted by molar-refractivity contribution is 5.85. The van der Waals surface area contributed by atoms with E-state index >= 15 is 0 Å². The summed E-state index contributed by atoms with van der Waals surface area (Å²) in [5.41, 5.74) is 0.466. The van der Waals surface area contributed by atoms with Gasteiger partial charge >= 0.3 is 0 Å². The Morgan fingerprint density at radius 1 is 1.22 bits per heavy atom. The number of benzene rings is 1. The first-order valence-corrected chi connectivity index (χ1v) is 10.4. The molecule has 0 bridgehead atoms. The Kier molecular flexibility index (Phi) is 6.02. The quantitative estimate of drug-likeness (QED) is 0.598. The van der Waals surface area contributed by atoms with Crippen LogP contribution in [0.4, 0.5) is 4.39 Å². The summed E-state index contributed by atoms with van der Waals surface area (Å²) in [4.78, 5) is 31.4. The zero-order valence-corrected chi connectivity index (χ0v) is 17.9. The number of nitrogens with one attached hydrogen (secondary N) is 1. The fourth-order valence-corrected chi connectivity index (χ4v) is 4.06. The Bertz CT molecular complexity index is 1110. The summed E-state index contributed by atoms with van der Waals surface area (Å²) in [6.07, 6.45) is 1.38. The molecule has 10 heteroatoms. The molecular formula is C22H24FN5O4. The third kappa shape index (κ3) is 4.53. The molecule has 1 N–H and O–H groups in total. The molecule has 168 valence electrons. The fraction of sp³-hybridized carbons (Fsp3) is 0.409. The Morgan fingerprint density at radius 3 is 2.69 bits per heavy atom. The Labute approximate surface area is 184 Å². The molecule has 1 aromatic carbocycles. The molecule has 4 rings (SSSR count). The second-order valence-corrected chi connectivity index (χ2v) is 8.02. The summed E-state index contributed by atoms with van der Waals surface area (Å²) in [6.45, 7) is 2.47. The molecule has 0 aliphatic carbocycles. The van der Waals surface area contributed by atoms with Crippen LogP contribution in [0.1, 0.15) is 30.3 Å². The average Bonchev–Trinajstić information content (AvgIpc) is 3.53. The molecule has 1 aliphatic rings. The lowest BCUT2D eigenvalue weighted by molar-refractivity contribution is -0.133. The van der Waals surface area contributed by atoms with Gasteiger partial charge in [0, 0.05) is 51.0 Å². The van der Waals surface area contributed by atoms with Crippen LogP contribution in [-0.2, 0) is 22.4 Å². The van der Waals surface area contributed by atoms with Crippen molar-refractivity contribution in [2.75, 3.05) is 20.1 Å². The number of nitrogens with zero attached hydrogens (tertiary/aromatic N) is 4. The van der Waals surface area contributed by atoms with E-state index in [0.717, 1.165) is 5.56 Å². The van der Waals surface area contributed by atoms with Gasteiger partial charge in [0.2, 0.25) is 17.7 Å². The number of likely N-dealkylation sites (tertiary alicyclic amines) is 1. The molecule has 2 aromatic heterocycles. The predicted molar refractivity (Wildman–Crippen MR) is 111 cm³/mol. The summed E-state index contributed by atoms with van der Waals surface area (Å²) in [5.74, 6) is 0.919. The topological polar surface area (TPSA) is 114 Å². The highest BCUT2D eigenvalue weighted by Gasteiger charge is 2.46. The number of carbonyl (C=O) groups is 2. The van der Waals surface area contributed by atoms with E-state index in [-0.39, 0.29) is 30.6 Å². The predicted octanol–water partition coefficient (Wildman–Crippen LogP) is 2.31. The summed E-state index contributed by atoms with van der Waals surface area (Å²) in [5, 5.41) is 10.5. The van der Waals surface area contributed by atoms with Crippen molar-refractivity contribution >= 4 is 11.8 Å². The molecule has 1 unspecified atom stereocenters. The van der Waals surface area contributed by atoms with Crippen LogP contribution in [0.5, 0.6) is 0 Å². The molecule has 1 atom stereocenters. The molecular weight excluding hydrogens is 417 g/mol. The molecule has 1 saturated heterocycles. The molecule has 3 heterocycles. The maximum atomic E-state index is 13.2. The molecule has 0 spiro atoms. The molecule has 32 heavy (non-hydrogen) atoms. The number of aromatic nitrogens is 3. The molecule has 2 amide bonds. The van der Waals surface area contributed by atoms with Crippen molar-refractivity contribution in [2.45, 2.75) is 32.6 Å². The number of rotatable bonds is 7. The van der Waals surface area contributed by atoms with Gasteiger partial charge in [-0.05, 0) is 37.6 Å². The van der Waals surface area contributed by atoms with E-state index in [0.29, 0.717) is 49.0 Å². The van der Waals surface area contributed by atoms with Crippen LogP contribution in [0, 0.1) is 18.2 Å². The second kappa shape index (κ2) is 8.89. The van der Waals surface area contributed by atoms with Crippen LogP contribution in [-0.4, -0.2) is 52.1 Å². The fourth-order valence-electron chi connectivity index (χ4n) is 4.06. The first kappa shape index (κ1) is 21.7. The van der Waals surface area contributed by atoms with Crippen LogP contribution in [0.2, 0.25) is 0 Å². The van der Waals surface area contributed by atoms with Crippen molar-refractivity contribution < 1.29 is 23.0 Å². The summed E-state index contributed by atoms with van der Waals surface area (Å²) in [7, 11) is 1.58. The lowest BCUT2D eigenvalue weighted by atomic mass is 9.81. The van der Waals surface area contributed by atoms with Crippen LogP contribution < -0.4 is 5.32 Å². The highest BCUT2D eigenvalue weighted by atomic mass is 19.1. The van der Waals surface area contributed by atoms with Crippen molar-refractivity contribution in [1.29, 1.82) is 0 Å². The average molecular weight is 441 g/mol. The van der Waals surface area contributed by atoms with Gasteiger partial charge in [0.05, 0.1) is 5.41 Å². The molecule has 1 aliphatic heterocycles. The summed E-state index contributed by atoms with van der Waals surface area (Å²) >= 11 is 0. The Balaban J connectivity index is 1.44. The normalized spacial score (nSPS) is 18.2. The largest absolute Gasteiger partial charge is 0.361 e. The summed E-state index contributed by atoms with van der Waals surface area (Å²) < 4.78 is 23.7. The molecule has 1 fully saturated rings. The van der Waals surface area contributed by atoms with Gasteiger partial charge in [-0.25, -0.2) is 4.39 Å². The molecule has 9 nitrogen and oxygen atoms in total. The molecule has 3 aromatic rings. The first-order valence-electron chi connectivity index (χ1n) is 10.4. The van der Waals surface area contributed by atoms with Crippen molar-refractivity contribution in [1.82, 2.24) is 25.5 Å². The SMILES string of the molecule is CNC(=O)C1(Cc2cc(-c3ccc(F)cc3)no2)CCN(C(=O)CCc2nc(C)no2)C1. The van der Waals surface area contributed by atoms with Gasteiger partial charge in [0.15, 0.2) is 5.82 Å². The van der Waals surface area contributed by atoms with Gasteiger partial charge in [-0.2, -0.15) is 4.98 Å². The van der Waals surface area contributed by atoms with Crippen molar-refractivity contribution in [3.05, 3.63) is 53.6 Å². The third-order valence-electron chi connectivity index (χ3n) is 5.75. The minimum Gasteiger partial charge on any atom is -0.361 e. The Morgan fingerprint density at radius 2 is 2.00 bits per heavy atom. The number of hydrogen-bond acceptors (Lipinski definition) is 7. The smallest absolute Gasteiger partial charge is 0.228 e. The van der Waals surface area contributed by atoms with E-state index in [1.54, 1.807) is 37.1 Å². The van der Waals surface area contributed by atoms with Crippen LogP contribution >= 0.6 is 0 Å². The van der Waals surface area contributed by atoms with Gasteiger partial charge in [0.1, 0.15) is 17.3 Å².